The van der Waals surface area contributed by atoms with Gasteiger partial charge in [-0.1, -0.05) is 13.8 Å². The van der Waals surface area contributed by atoms with E-state index in [-0.39, 0.29) is 24.9 Å². The number of hydrogen-bond donors (Lipinski definition) is 0. The molecule has 0 aromatic carbocycles. The molecule has 0 unspecified atom stereocenters. The van der Waals surface area contributed by atoms with E-state index in [9.17, 15) is 8.78 Å². The van der Waals surface area contributed by atoms with Crippen LogP contribution in [-0.2, 0) is 7.05 Å². The van der Waals surface area contributed by atoms with Gasteiger partial charge in [0.1, 0.15) is 11.3 Å². The van der Waals surface area contributed by atoms with Gasteiger partial charge in [0.2, 0.25) is 5.95 Å². The number of halogens is 2. The Labute approximate surface area is 254 Å². The summed E-state index contributed by atoms with van der Waals surface area (Å²) in [5.41, 5.74) is 6.03. The lowest BCUT2D eigenvalue weighted by Gasteiger charge is -2.37. The van der Waals surface area contributed by atoms with Gasteiger partial charge in [-0.3, -0.25) is 14.9 Å². The van der Waals surface area contributed by atoms with Crippen molar-refractivity contribution in [1.29, 1.82) is 0 Å². The minimum atomic E-state index is -2.56. The summed E-state index contributed by atoms with van der Waals surface area (Å²) in [5, 5.41) is 5.70. The van der Waals surface area contributed by atoms with Crippen LogP contribution >= 0.6 is 0 Å². The summed E-state index contributed by atoms with van der Waals surface area (Å²) in [4.78, 5) is 23.6. The molecular formula is C32H37F2N9O. The zero-order valence-electron chi connectivity index (χ0n) is 25.8. The minimum absolute atomic E-state index is 0.0358. The van der Waals surface area contributed by atoms with E-state index in [1.165, 1.54) is 0 Å². The summed E-state index contributed by atoms with van der Waals surface area (Å²) >= 11 is 0. The van der Waals surface area contributed by atoms with Crippen LogP contribution < -0.4 is 9.64 Å². The first-order valence-corrected chi connectivity index (χ1v) is 15.2. The molecule has 0 radical (unpaired) electrons. The largest absolute Gasteiger partial charge is 0.496 e. The van der Waals surface area contributed by atoms with Crippen LogP contribution in [0.25, 0.3) is 39.0 Å². The number of imidazole rings is 1. The maximum atomic E-state index is 13.8. The molecule has 0 N–H and O–H groups in total. The summed E-state index contributed by atoms with van der Waals surface area (Å²) in [6.07, 6.45) is 6.94. The Morgan fingerprint density at radius 3 is 2.52 bits per heavy atom. The van der Waals surface area contributed by atoms with Gasteiger partial charge in [0.05, 0.1) is 47.8 Å². The Bertz CT molecular complexity index is 1860. The number of ether oxygens (including phenoxy) is 1. The second-order valence-electron chi connectivity index (χ2n) is 12.3. The Morgan fingerprint density at radius 1 is 1.02 bits per heavy atom. The molecule has 0 saturated carbocycles. The molecule has 5 aromatic heterocycles. The molecule has 44 heavy (non-hydrogen) atoms. The van der Waals surface area contributed by atoms with Crippen LogP contribution in [0.3, 0.4) is 0 Å². The van der Waals surface area contributed by atoms with Gasteiger partial charge in [-0.2, -0.15) is 5.10 Å². The van der Waals surface area contributed by atoms with Gasteiger partial charge in [0.25, 0.3) is 5.92 Å². The standard InChI is InChI=1S/C32H37F2N9O/c1-19(2)29-30-26(40(4)31(39-30)41-11-7-21(8-12-41)42-13-9-32(33,34)18-42)15-28(38-29)43-25-14-24(37-20(3)22(25)17-36-43)23-16-35-10-6-27(23)44-5/h6,10,14-17,19,21H,7-9,11-13,18H2,1-5H3. The van der Waals surface area contributed by atoms with E-state index in [1.54, 1.807) is 19.5 Å². The molecule has 12 heteroatoms. The number of anilines is 1. The molecule has 10 nitrogen and oxygen atoms in total. The predicted octanol–water partition coefficient (Wildman–Crippen LogP) is 5.51. The van der Waals surface area contributed by atoms with E-state index in [2.05, 4.69) is 28.3 Å². The van der Waals surface area contributed by atoms with E-state index < -0.39 is 5.92 Å². The maximum absolute atomic E-state index is 13.8. The van der Waals surface area contributed by atoms with Gasteiger partial charge in [-0.15, -0.1) is 0 Å². The van der Waals surface area contributed by atoms with E-state index in [4.69, 9.17) is 24.8 Å². The quantitative estimate of drug-likeness (QED) is 0.252. The van der Waals surface area contributed by atoms with Crippen LogP contribution in [0, 0.1) is 6.92 Å². The summed E-state index contributed by atoms with van der Waals surface area (Å²) in [6, 6.07) is 6.07. The summed E-state index contributed by atoms with van der Waals surface area (Å²) in [5.74, 6) is -0.155. The van der Waals surface area contributed by atoms with E-state index in [0.29, 0.717) is 18.1 Å². The number of methoxy groups -OCH3 is 1. The number of pyridine rings is 3. The van der Waals surface area contributed by atoms with Crippen molar-refractivity contribution >= 4 is 27.9 Å². The number of rotatable bonds is 6. The first kappa shape index (κ1) is 28.6. The molecule has 0 bridgehead atoms. The normalized spacial score (nSPS) is 17.9. The highest BCUT2D eigenvalue weighted by atomic mass is 19.3. The molecule has 5 aromatic rings. The Balaban J connectivity index is 1.26. The lowest BCUT2D eigenvalue weighted by Crippen LogP contribution is -2.45. The number of piperidine rings is 1. The van der Waals surface area contributed by atoms with Crippen molar-refractivity contribution in [2.75, 3.05) is 38.2 Å². The van der Waals surface area contributed by atoms with Gasteiger partial charge in [0.15, 0.2) is 5.82 Å². The van der Waals surface area contributed by atoms with E-state index in [1.807, 2.05) is 47.9 Å². The molecule has 7 rings (SSSR count). The fraction of sp³-hybridized carbons (Fsp3) is 0.469. The maximum Gasteiger partial charge on any atom is 0.261 e. The first-order valence-electron chi connectivity index (χ1n) is 15.2. The zero-order chi connectivity index (χ0) is 30.7. The molecule has 0 aliphatic carbocycles. The summed E-state index contributed by atoms with van der Waals surface area (Å²) < 4.78 is 37.3. The number of nitrogens with zero attached hydrogens (tertiary/aromatic N) is 9. The van der Waals surface area contributed by atoms with Gasteiger partial charge >= 0.3 is 0 Å². The highest BCUT2D eigenvalue weighted by Crippen LogP contribution is 2.35. The molecule has 0 atom stereocenters. The molecule has 2 saturated heterocycles. The van der Waals surface area contributed by atoms with Gasteiger partial charge < -0.3 is 14.2 Å². The monoisotopic (exact) mass is 601 g/mol. The van der Waals surface area contributed by atoms with Crippen molar-refractivity contribution in [3.63, 3.8) is 0 Å². The molecule has 2 aliphatic heterocycles. The second kappa shape index (κ2) is 10.8. The average molecular weight is 602 g/mol. The molecule has 2 fully saturated rings. The first-order chi connectivity index (χ1) is 21.1. The van der Waals surface area contributed by atoms with Crippen molar-refractivity contribution < 1.29 is 13.5 Å². The van der Waals surface area contributed by atoms with Crippen LogP contribution in [0.4, 0.5) is 14.7 Å². The topological polar surface area (TPSA) is 90.0 Å². The number of aryl methyl sites for hydroxylation is 2. The van der Waals surface area contributed by atoms with Crippen LogP contribution in [0.5, 0.6) is 5.75 Å². The average Bonchev–Trinajstić information content (AvgIpc) is 3.71. The van der Waals surface area contributed by atoms with Crippen LogP contribution in [0.15, 0.2) is 36.8 Å². The van der Waals surface area contributed by atoms with Gasteiger partial charge in [-0.25, -0.2) is 23.4 Å². The number of alkyl halides is 2. The highest BCUT2D eigenvalue weighted by Gasteiger charge is 2.41. The third-order valence-corrected chi connectivity index (χ3v) is 9.12. The van der Waals surface area contributed by atoms with Crippen molar-refractivity contribution in [3.05, 3.63) is 48.2 Å². The second-order valence-corrected chi connectivity index (χ2v) is 12.3. The third kappa shape index (κ3) is 4.85. The van der Waals surface area contributed by atoms with Crippen LogP contribution in [0.1, 0.15) is 50.4 Å². The number of aromatic nitrogens is 7. The SMILES string of the molecule is COc1ccncc1-c1cc2c(cnn2-c2cc3c(nc(N4CCC(N5CCC(F)(F)C5)CC4)n3C)c(C(C)C)n2)c(C)n1. The van der Waals surface area contributed by atoms with Crippen molar-refractivity contribution in [3.8, 4) is 22.8 Å². The van der Waals surface area contributed by atoms with E-state index in [0.717, 1.165) is 76.5 Å². The zero-order valence-corrected chi connectivity index (χ0v) is 25.8. The van der Waals surface area contributed by atoms with Crippen molar-refractivity contribution in [2.45, 2.75) is 57.9 Å². The Kier molecular flexibility index (Phi) is 6.99. The smallest absolute Gasteiger partial charge is 0.261 e. The van der Waals surface area contributed by atoms with Gasteiger partial charge in [0, 0.05) is 68.7 Å². The molecule has 0 spiro atoms. The molecule has 0 amide bonds. The molecule has 7 heterocycles. The van der Waals surface area contributed by atoms with E-state index >= 15 is 0 Å². The van der Waals surface area contributed by atoms with Crippen molar-refractivity contribution in [1.82, 2.24) is 39.2 Å². The van der Waals surface area contributed by atoms with Crippen molar-refractivity contribution in [2.24, 2.45) is 7.05 Å². The fourth-order valence-corrected chi connectivity index (χ4v) is 6.73. The summed E-state index contributed by atoms with van der Waals surface area (Å²) in [6.45, 7) is 8.13. The van der Waals surface area contributed by atoms with Gasteiger partial charge in [-0.05, 0) is 37.8 Å². The fourth-order valence-electron chi connectivity index (χ4n) is 6.73. The van der Waals surface area contributed by atoms with Crippen LogP contribution in [0.2, 0.25) is 0 Å². The van der Waals surface area contributed by atoms with Crippen LogP contribution in [-0.4, -0.2) is 84.4 Å². The molecular weight excluding hydrogens is 564 g/mol. The molecule has 2 aliphatic rings. The Hall–Kier alpha value is -4.19. The Morgan fingerprint density at radius 2 is 1.82 bits per heavy atom. The number of likely N-dealkylation sites (tertiary alicyclic amines) is 1. The lowest BCUT2D eigenvalue weighted by atomic mass is 10.0. The predicted molar refractivity (Wildman–Crippen MR) is 166 cm³/mol. The third-order valence-electron chi connectivity index (χ3n) is 9.12. The minimum Gasteiger partial charge on any atom is -0.496 e. The highest BCUT2D eigenvalue weighted by molar-refractivity contribution is 5.88. The number of fused-ring (bicyclic) bond motifs is 2. The summed E-state index contributed by atoms with van der Waals surface area (Å²) in [7, 11) is 3.67. The lowest BCUT2D eigenvalue weighted by molar-refractivity contribution is 0.00627. The number of hydrogen-bond acceptors (Lipinski definition) is 8. The molecule has 230 valence electrons.